The average molecular weight is 340 g/mol. The van der Waals surface area contributed by atoms with Crippen LogP contribution in [0.3, 0.4) is 0 Å². The van der Waals surface area contributed by atoms with Gasteiger partial charge in [-0.3, -0.25) is 9.59 Å². The minimum Gasteiger partial charge on any atom is -0.454 e. The molecular formula is C19H20N2O4. The van der Waals surface area contributed by atoms with E-state index in [0.717, 1.165) is 17.1 Å². The number of ether oxygens (including phenoxy) is 2. The smallest absolute Gasteiger partial charge is 0.231 e. The van der Waals surface area contributed by atoms with Crippen LogP contribution in [0.25, 0.3) is 0 Å². The highest BCUT2D eigenvalue weighted by atomic mass is 16.7. The van der Waals surface area contributed by atoms with Crippen LogP contribution >= 0.6 is 0 Å². The molecule has 1 heterocycles. The van der Waals surface area contributed by atoms with E-state index in [9.17, 15) is 9.59 Å². The number of carbonyl (C=O) groups is 2. The maximum atomic E-state index is 12.2. The van der Waals surface area contributed by atoms with E-state index in [1.165, 1.54) is 0 Å². The second kappa shape index (κ2) is 7.70. The van der Waals surface area contributed by atoms with Gasteiger partial charge in [-0.05, 0) is 42.3 Å². The van der Waals surface area contributed by atoms with Crippen molar-refractivity contribution in [1.29, 1.82) is 0 Å². The van der Waals surface area contributed by atoms with E-state index in [2.05, 4.69) is 10.6 Å². The van der Waals surface area contributed by atoms with E-state index in [-0.39, 0.29) is 18.6 Å². The lowest BCUT2D eigenvalue weighted by Crippen LogP contribution is -2.13. The van der Waals surface area contributed by atoms with Crippen molar-refractivity contribution in [3.8, 4) is 11.5 Å². The van der Waals surface area contributed by atoms with Crippen LogP contribution < -0.4 is 20.1 Å². The third kappa shape index (κ3) is 4.50. The van der Waals surface area contributed by atoms with Gasteiger partial charge >= 0.3 is 0 Å². The highest BCUT2D eigenvalue weighted by molar-refractivity contribution is 5.94. The lowest BCUT2D eigenvalue weighted by atomic mass is 10.1. The fraction of sp³-hybridized carbons (Fsp3) is 0.263. The Balaban J connectivity index is 1.54. The van der Waals surface area contributed by atoms with Gasteiger partial charge in [-0.2, -0.15) is 0 Å². The molecule has 2 aromatic rings. The van der Waals surface area contributed by atoms with Crippen LogP contribution in [0, 0.1) is 0 Å². The Bertz CT molecular complexity index is 789. The van der Waals surface area contributed by atoms with Crippen LogP contribution in [-0.4, -0.2) is 18.6 Å². The highest BCUT2D eigenvalue weighted by Gasteiger charge is 2.13. The summed E-state index contributed by atoms with van der Waals surface area (Å²) in [5.41, 5.74) is 2.34. The summed E-state index contributed by atoms with van der Waals surface area (Å²) in [4.78, 5) is 23.6. The molecule has 6 heteroatoms. The summed E-state index contributed by atoms with van der Waals surface area (Å²) in [6.07, 6.45) is 1.37. The molecule has 0 aliphatic carbocycles. The van der Waals surface area contributed by atoms with E-state index >= 15 is 0 Å². The van der Waals surface area contributed by atoms with Crippen molar-refractivity contribution in [3.63, 3.8) is 0 Å². The minimum absolute atomic E-state index is 0.0636. The molecule has 6 nitrogen and oxygen atoms in total. The molecule has 1 aliphatic rings. The molecule has 2 N–H and O–H groups in total. The zero-order valence-corrected chi connectivity index (χ0v) is 14.0. The van der Waals surface area contributed by atoms with E-state index in [4.69, 9.17) is 9.47 Å². The molecule has 0 unspecified atom stereocenters. The molecule has 0 fully saturated rings. The molecule has 0 atom stereocenters. The van der Waals surface area contributed by atoms with E-state index in [1.54, 1.807) is 31.2 Å². The molecular weight excluding hydrogens is 320 g/mol. The Labute approximate surface area is 146 Å². The number of hydrogen-bond donors (Lipinski definition) is 2. The lowest BCUT2D eigenvalue weighted by molar-refractivity contribution is -0.116. The molecule has 3 rings (SSSR count). The van der Waals surface area contributed by atoms with Crippen LogP contribution in [0.15, 0.2) is 42.5 Å². The minimum atomic E-state index is -0.0864. The summed E-state index contributed by atoms with van der Waals surface area (Å²) in [5, 5.41) is 5.62. The van der Waals surface area contributed by atoms with Crippen molar-refractivity contribution in [2.24, 2.45) is 0 Å². The van der Waals surface area contributed by atoms with Crippen LogP contribution in [0.1, 0.15) is 25.3 Å². The molecule has 130 valence electrons. The summed E-state index contributed by atoms with van der Waals surface area (Å²) in [7, 11) is 0. The van der Waals surface area contributed by atoms with Gasteiger partial charge in [0.1, 0.15) is 0 Å². The maximum absolute atomic E-state index is 12.2. The predicted octanol–water partition coefficient (Wildman–Crippen LogP) is 3.34. The number of benzene rings is 2. The zero-order chi connectivity index (χ0) is 17.6. The largest absolute Gasteiger partial charge is 0.454 e. The first kappa shape index (κ1) is 16.8. The zero-order valence-electron chi connectivity index (χ0n) is 14.0. The lowest BCUT2D eigenvalue weighted by Gasteiger charge is -2.08. The van der Waals surface area contributed by atoms with E-state index < -0.39 is 0 Å². The first-order chi connectivity index (χ1) is 12.1. The number of carbonyl (C=O) groups excluding carboxylic acids is 2. The third-order valence-corrected chi connectivity index (χ3v) is 3.83. The summed E-state index contributed by atoms with van der Waals surface area (Å²) in [6.45, 7) is 2.03. The monoisotopic (exact) mass is 340 g/mol. The number of rotatable bonds is 6. The van der Waals surface area contributed by atoms with Crippen LogP contribution in [0.5, 0.6) is 11.5 Å². The first-order valence-electron chi connectivity index (χ1n) is 8.22. The summed E-state index contributed by atoms with van der Waals surface area (Å²) >= 11 is 0. The number of fused-ring (bicyclic) bond motifs is 1. The van der Waals surface area contributed by atoms with Crippen molar-refractivity contribution in [1.82, 2.24) is 0 Å². The van der Waals surface area contributed by atoms with Gasteiger partial charge in [0.15, 0.2) is 11.5 Å². The Morgan fingerprint density at radius 3 is 2.44 bits per heavy atom. The van der Waals surface area contributed by atoms with Gasteiger partial charge in [-0.1, -0.05) is 19.1 Å². The molecule has 1 aliphatic heterocycles. The topological polar surface area (TPSA) is 76.7 Å². The summed E-state index contributed by atoms with van der Waals surface area (Å²) in [6, 6.07) is 12.8. The fourth-order valence-corrected chi connectivity index (χ4v) is 2.50. The molecule has 2 amide bonds. The van der Waals surface area contributed by atoms with Crippen molar-refractivity contribution in [3.05, 3.63) is 48.0 Å². The number of aryl methyl sites for hydroxylation is 1. The fourth-order valence-electron chi connectivity index (χ4n) is 2.50. The molecule has 0 spiro atoms. The maximum Gasteiger partial charge on any atom is 0.231 e. The standard InChI is InChI=1S/C19H20N2O4/c1-2-18(22)20-14-4-3-5-15(11-14)21-19(23)9-7-13-6-8-16-17(10-13)25-12-24-16/h3-6,8,10-11H,2,7,9,12H2,1H3,(H,20,22)(H,21,23). The van der Waals surface area contributed by atoms with Crippen LogP contribution in [0.4, 0.5) is 11.4 Å². The molecule has 0 bridgehead atoms. The van der Waals surface area contributed by atoms with Gasteiger partial charge in [-0.15, -0.1) is 0 Å². The molecule has 0 radical (unpaired) electrons. The van der Waals surface area contributed by atoms with E-state index in [0.29, 0.717) is 30.6 Å². The van der Waals surface area contributed by atoms with Gasteiger partial charge in [0, 0.05) is 24.2 Å². The molecule has 0 saturated heterocycles. The summed E-state index contributed by atoms with van der Waals surface area (Å²) < 4.78 is 10.6. The van der Waals surface area contributed by atoms with Crippen LogP contribution in [-0.2, 0) is 16.0 Å². The van der Waals surface area contributed by atoms with Gasteiger partial charge in [-0.25, -0.2) is 0 Å². The second-order valence-electron chi connectivity index (χ2n) is 5.72. The van der Waals surface area contributed by atoms with Gasteiger partial charge in [0.25, 0.3) is 0 Å². The Morgan fingerprint density at radius 2 is 1.68 bits per heavy atom. The van der Waals surface area contributed by atoms with Gasteiger partial charge < -0.3 is 20.1 Å². The Hall–Kier alpha value is -3.02. The van der Waals surface area contributed by atoms with Crippen molar-refractivity contribution in [2.75, 3.05) is 17.4 Å². The molecule has 0 saturated carbocycles. The van der Waals surface area contributed by atoms with Crippen molar-refractivity contribution in [2.45, 2.75) is 26.2 Å². The molecule has 25 heavy (non-hydrogen) atoms. The number of amides is 2. The third-order valence-electron chi connectivity index (χ3n) is 3.83. The molecule has 2 aromatic carbocycles. The number of nitrogens with one attached hydrogen (secondary N) is 2. The van der Waals surface area contributed by atoms with Gasteiger partial charge in [0.05, 0.1) is 0 Å². The quantitative estimate of drug-likeness (QED) is 0.845. The number of anilines is 2. The van der Waals surface area contributed by atoms with Crippen molar-refractivity contribution < 1.29 is 19.1 Å². The molecule has 0 aromatic heterocycles. The first-order valence-corrected chi connectivity index (χ1v) is 8.22. The second-order valence-corrected chi connectivity index (χ2v) is 5.72. The number of hydrogen-bond acceptors (Lipinski definition) is 4. The van der Waals surface area contributed by atoms with Crippen molar-refractivity contribution >= 4 is 23.2 Å². The predicted molar refractivity (Wildman–Crippen MR) is 94.9 cm³/mol. The Morgan fingerprint density at radius 1 is 0.960 bits per heavy atom. The van der Waals surface area contributed by atoms with Gasteiger partial charge in [0.2, 0.25) is 18.6 Å². The Kier molecular flexibility index (Phi) is 5.18. The SMILES string of the molecule is CCC(=O)Nc1cccc(NC(=O)CCc2ccc3c(c2)OCO3)c1. The normalized spacial score (nSPS) is 11.9. The average Bonchev–Trinajstić information content (AvgIpc) is 3.08. The van der Waals surface area contributed by atoms with Crippen LogP contribution in [0.2, 0.25) is 0 Å². The highest BCUT2D eigenvalue weighted by Crippen LogP contribution is 2.32. The van der Waals surface area contributed by atoms with E-state index in [1.807, 2.05) is 18.2 Å². The summed E-state index contributed by atoms with van der Waals surface area (Å²) in [5.74, 6) is 1.30.